The number of carbonyl (C=O) groups is 2. The Balaban J connectivity index is 1.60. The van der Waals surface area contributed by atoms with Gasteiger partial charge < -0.3 is 0 Å². The van der Waals surface area contributed by atoms with Gasteiger partial charge in [-0.25, -0.2) is 5.01 Å². The summed E-state index contributed by atoms with van der Waals surface area (Å²) in [4.78, 5) is 24.7. The number of hydrogen-bond donors (Lipinski definition) is 1. The molecule has 0 unspecified atom stereocenters. The number of nitrogens with one attached hydrogen (secondary N) is 1. The molecule has 8 heteroatoms. The van der Waals surface area contributed by atoms with Crippen molar-refractivity contribution in [2.24, 2.45) is 5.10 Å². The molecule has 0 aliphatic carbocycles. The molecule has 8 nitrogen and oxygen atoms in total. The van der Waals surface area contributed by atoms with Crippen LogP contribution in [0.3, 0.4) is 0 Å². The summed E-state index contributed by atoms with van der Waals surface area (Å²) in [7, 11) is 0. The molecule has 1 aromatic carbocycles. The van der Waals surface area contributed by atoms with Crippen LogP contribution in [-0.2, 0) is 9.59 Å². The maximum atomic E-state index is 12.6. The van der Waals surface area contributed by atoms with Crippen molar-refractivity contribution in [1.29, 1.82) is 0 Å². The number of hydrazone groups is 1. The zero-order valence-electron chi connectivity index (χ0n) is 14.1. The summed E-state index contributed by atoms with van der Waals surface area (Å²) in [6, 6.07) is 12.8. The van der Waals surface area contributed by atoms with Crippen LogP contribution in [0.5, 0.6) is 0 Å². The topological polar surface area (TPSA) is 92.0 Å². The van der Waals surface area contributed by atoms with Crippen molar-refractivity contribution in [3.05, 3.63) is 54.2 Å². The molecule has 1 aliphatic heterocycles. The summed E-state index contributed by atoms with van der Waals surface area (Å²) in [6.45, 7) is 1.96. The largest absolute Gasteiger partial charge is 0.289 e. The van der Waals surface area contributed by atoms with Crippen LogP contribution in [0.2, 0.25) is 0 Å². The number of para-hydroxylation sites is 1. The number of fused-ring (bicyclic) bond motifs is 1. The molecule has 1 N–H and O–H groups in total. The Morgan fingerprint density at radius 2 is 1.92 bits per heavy atom. The van der Waals surface area contributed by atoms with E-state index >= 15 is 0 Å². The van der Waals surface area contributed by atoms with Crippen LogP contribution < -0.4 is 10.3 Å². The molecule has 0 saturated heterocycles. The summed E-state index contributed by atoms with van der Waals surface area (Å²) >= 11 is 0. The number of benzene rings is 1. The standard InChI is InChI=1S/C18H16N6O2/c1-12-9-10-23-15(11-12)20-21-18(23)19-17(26)14-7-8-16(25)24(22-14)13-5-3-2-4-6-13/h2-6,9-11H,7-8H2,1H3,(H,19,21,26). The molecule has 4 rings (SSSR count). The Labute approximate surface area is 149 Å². The molecule has 0 bridgehead atoms. The van der Waals surface area contributed by atoms with E-state index in [9.17, 15) is 9.59 Å². The number of aryl methyl sites for hydroxylation is 1. The molecule has 3 heterocycles. The molecule has 0 spiro atoms. The van der Waals surface area contributed by atoms with Crippen molar-refractivity contribution in [3.8, 4) is 0 Å². The fourth-order valence-electron chi connectivity index (χ4n) is 2.74. The highest BCUT2D eigenvalue weighted by atomic mass is 16.2. The summed E-state index contributed by atoms with van der Waals surface area (Å²) < 4.78 is 1.69. The monoisotopic (exact) mass is 348 g/mol. The van der Waals surface area contributed by atoms with Crippen molar-refractivity contribution in [2.45, 2.75) is 19.8 Å². The summed E-state index contributed by atoms with van der Waals surface area (Å²) in [5.74, 6) is -0.222. The first kappa shape index (κ1) is 15.9. The third-order valence-electron chi connectivity index (χ3n) is 4.09. The zero-order valence-corrected chi connectivity index (χ0v) is 14.1. The van der Waals surface area contributed by atoms with Gasteiger partial charge in [-0.15, -0.1) is 10.2 Å². The summed E-state index contributed by atoms with van der Waals surface area (Å²) in [5.41, 5.74) is 2.60. The van der Waals surface area contributed by atoms with E-state index in [0.717, 1.165) is 5.56 Å². The van der Waals surface area contributed by atoms with Gasteiger partial charge in [0.1, 0.15) is 5.71 Å². The molecule has 3 aromatic rings. The van der Waals surface area contributed by atoms with Crippen molar-refractivity contribution >= 4 is 34.8 Å². The van der Waals surface area contributed by atoms with E-state index in [2.05, 4.69) is 20.6 Å². The maximum absolute atomic E-state index is 12.6. The molecule has 0 radical (unpaired) electrons. The van der Waals surface area contributed by atoms with Gasteiger partial charge >= 0.3 is 0 Å². The number of hydrogen-bond acceptors (Lipinski definition) is 5. The van der Waals surface area contributed by atoms with Gasteiger partial charge in [-0.1, -0.05) is 18.2 Å². The molecule has 2 amide bonds. The number of anilines is 2. The first-order valence-electron chi connectivity index (χ1n) is 8.20. The number of nitrogens with zero attached hydrogens (tertiary/aromatic N) is 5. The highest BCUT2D eigenvalue weighted by molar-refractivity contribution is 6.44. The van der Waals surface area contributed by atoms with Crippen LogP contribution in [0.15, 0.2) is 53.8 Å². The molecule has 0 saturated carbocycles. The molecule has 26 heavy (non-hydrogen) atoms. The van der Waals surface area contributed by atoms with Gasteiger partial charge in [0, 0.05) is 19.0 Å². The predicted molar refractivity (Wildman–Crippen MR) is 97.0 cm³/mol. The Morgan fingerprint density at radius 3 is 2.73 bits per heavy atom. The van der Waals surface area contributed by atoms with E-state index in [4.69, 9.17) is 0 Å². The number of aromatic nitrogens is 3. The third-order valence-corrected chi connectivity index (χ3v) is 4.09. The average Bonchev–Trinajstić information content (AvgIpc) is 3.04. The molecule has 1 aliphatic rings. The second-order valence-electron chi connectivity index (χ2n) is 6.00. The van der Waals surface area contributed by atoms with Gasteiger partial charge in [0.15, 0.2) is 5.65 Å². The van der Waals surface area contributed by atoms with Gasteiger partial charge in [0.25, 0.3) is 5.91 Å². The Hall–Kier alpha value is -3.55. The van der Waals surface area contributed by atoms with Crippen LogP contribution in [-0.4, -0.2) is 32.1 Å². The maximum Gasteiger partial charge on any atom is 0.274 e. The fourth-order valence-corrected chi connectivity index (χ4v) is 2.74. The van der Waals surface area contributed by atoms with Crippen LogP contribution in [0, 0.1) is 6.92 Å². The van der Waals surface area contributed by atoms with E-state index in [0.29, 0.717) is 17.3 Å². The van der Waals surface area contributed by atoms with Gasteiger partial charge in [-0.3, -0.25) is 19.3 Å². The van der Waals surface area contributed by atoms with Crippen LogP contribution >= 0.6 is 0 Å². The number of amides is 2. The van der Waals surface area contributed by atoms with E-state index in [1.54, 1.807) is 22.7 Å². The molecule has 130 valence electrons. The lowest BCUT2D eigenvalue weighted by atomic mass is 10.1. The van der Waals surface area contributed by atoms with Gasteiger partial charge in [0.05, 0.1) is 5.69 Å². The summed E-state index contributed by atoms with van der Waals surface area (Å²) in [5, 5.41) is 16.3. The fraction of sp³-hybridized carbons (Fsp3) is 0.167. The van der Waals surface area contributed by atoms with Crippen molar-refractivity contribution in [1.82, 2.24) is 14.6 Å². The van der Waals surface area contributed by atoms with E-state index < -0.39 is 5.91 Å². The third kappa shape index (κ3) is 2.92. The highest BCUT2D eigenvalue weighted by Gasteiger charge is 2.26. The van der Waals surface area contributed by atoms with Crippen LogP contribution in [0.25, 0.3) is 5.65 Å². The lowest BCUT2D eigenvalue weighted by Crippen LogP contribution is -2.36. The normalized spacial score (nSPS) is 14.4. The van der Waals surface area contributed by atoms with Gasteiger partial charge in [-0.05, 0) is 36.8 Å². The second kappa shape index (κ2) is 6.40. The Bertz CT molecular complexity index is 1020. The average molecular weight is 348 g/mol. The molecule has 0 atom stereocenters. The van der Waals surface area contributed by atoms with Crippen molar-refractivity contribution in [3.63, 3.8) is 0 Å². The summed E-state index contributed by atoms with van der Waals surface area (Å²) in [6.07, 6.45) is 2.30. The van der Waals surface area contributed by atoms with Gasteiger partial charge in [-0.2, -0.15) is 5.10 Å². The number of rotatable bonds is 3. The van der Waals surface area contributed by atoms with Gasteiger partial charge in [0.2, 0.25) is 11.9 Å². The van der Waals surface area contributed by atoms with E-state index in [-0.39, 0.29) is 24.5 Å². The molecular weight excluding hydrogens is 332 g/mol. The lowest BCUT2D eigenvalue weighted by molar-refractivity contribution is -0.118. The quantitative estimate of drug-likeness (QED) is 0.785. The number of pyridine rings is 1. The minimum atomic E-state index is -0.395. The minimum Gasteiger partial charge on any atom is -0.289 e. The molecule has 0 fully saturated rings. The first-order valence-corrected chi connectivity index (χ1v) is 8.20. The van der Waals surface area contributed by atoms with Crippen molar-refractivity contribution in [2.75, 3.05) is 10.3 Å². The van der Waals surface area contributed by atoms with Crippen LogP contribution in [0.4, 0.5) is 11.6 Å². The SMILES string of the molecule is Cc1ccn2c(NC(=O)C3=NN(c4ccccc4)C(=O)CC3)nnc2c1. The lowest BCUT2D eigenvalue weighted by Gasteiger charge is -2.22. The number of carbonyl (C=O) groups excluding carboxylic acids is 2. The minimum absolute atomic E-state index is 0.142. The second-order valence-corrected chi connectivity index (χ2v) is 6.00. The van der Waals surface area contributed by atoms with Crippen molar-refractivity contribution < 1.29 is 9.59 Å². The predicted octanol–water partition coefficient (Wildman–Crippen LogP) is 2.16. The Kier molecular flexibility index (Phi) is 3.92. The zero-order chi connectivity index (χ0) is 18.1. The van der Waals surface area contributed by atoms with E-state index in [1.807, 2.05) is 37.3 Å². The first-order chi connectivity index (χ1) is 12.6. The molecular formula is C18H16N6O2. The van der Waals surface area contributed by atoms with Crippen LogP contribution in [0.1, 0.15) is 18.4 Å². The Morgan fingerprint density at radius 1 is 1.12 bits per heavy atom. The van der Waals surface area contributed by atoms with E-state index in [1.165, 1.54) is 5.01 Å². The molecule has 2 aromatic heterocycles. The smallest absolute Gasteiger partial charge is 0.274 e. The highest BCUT2D eigenvalue weighted by Crippen LogP contribution is 2.20.